The van der Waals surface area contributed by atoms with Crippen LogP contribution in [0.3, 0.4) is 0 Å². The monoisotopic (exact) mass is 534 g/mol. The zero-order valence-corrected chi connectivity index (χ0v) is 23.3. The third-order valence-electron chi connectivity index (χ3n) is 7.12. The van der Waals surface area contributed by atoms with E-state index in [0.29, 0.717) is 25.2 Å². The Balaban J connectivity index is 1.44. The molecule has 1 amide bonds. The number of amides is 1. The Kier molecular flexibility index (Phi) is 8.01. The van der Waals surface area contributed by atoms with Gasteiger partial charge in [0.15, 0.2) is 0 Å². The maximum Gasteiger partial charge on any atom is 0.251 e. The molecule has 40 heavy (non-hydrogen) atoms. The van der Waals surface area contributed by atoms with E-state index >= 15 is 0 Å². The number of benzene rings is 3. The smallest absolute Gasteiger partial charge is 0.251 e. The lowest BCUT2D eigenvalue weighted by Gasteiger charge is -2.26. The van der Waals surface area contributed by atoms with Crippen molar-refractivity contribution in [2.45, 2.75) is 26.6 Å². The van der Waals surface area contributed by atoms with E-state index in [2.05, 4.69) is 58.1 Å². The number of hydrogen-bond acceptors (Lipinski definition) is 5. The summed E-state index contributed by atoms with van der Waals surface area (Å²) >= 11 is 0. The maximum atomic E-state index is 12.6. The third kappa shape index (κ3) is 5.94. The Morgan fingerprint density at radius 3 is 1.98 bits per heavy atom. The highest BCUT2D eigenvalue weighted by Gasteiger charge is 2.17. The summed E-state index contributed by atoms with van der Waals surface area (Å²) < 4.78 is 12.8. The topological polar surface area (TPSA) is 68.6 Å². The number of aromatic nitrogens is 2. The summed E-state index contributed by atoms with van der Waals surface area (Å²) in [4.78, 5) is 20.0. The van der Waals surface area contributed by atoms with Crippen LogP contribution in [0.15, 0.2) is 91.0 Å². The first-order chi connectivity index (χ1) is 19.4. The van der Waals surface area contributed by atoms with E-state index in [-0.39, 0.29) is 5.91 Å². The van der Waals surface area contributed by atoms with Crippen LogP contribution in [0.1, 0.15) is 32.7 Å². The highest BCUT2D eigenvalue weighted by atomic mass is 16.5. The Labute approximate surface area is 235 Å². The molecular formula is C33H34N4O3. The predicted molar refractivity (Wildman–Crippen MR) is 159 cm³/mol. The number of aryl methyl sites for hydroxylation is 2. The van der Waals surface area contributed by atoms with E-state index in [1.165, 1.54) is 0 Å². The van der Waals surface area contributed by atoms with Gasteiger partial charge in [0, 0.05) is 31.4 Å². The van der Waals surface area contributed by atoms with Gasteiger partial charge in [-0.1, -0.05) is 42.5 Å². The van der Waals surface area contributed by atoms with E-state index in [1.54, 1.807) is 14.2 Å². The third-order valence-corrected chi connectivity index (χ3v) is 7.12. The molecule has 7 heteroatoms. The lowest BCUT2D eigenvalue weighted by atomic mass is 10.1. The first kappa shape index (κ1) is 26.8. The molecule has 204 valence electrons. The summed E-state index contributed by atoms with van der Waals surface area (Å²) in [5.41, 5.74) is 6.95. The van der Waals surface area contributed by atoms with Crippen molar-refractivity contribution in [3.05, 3.63) is 119 Å². The molecule has 0 aliphatic heterocycles. The van der Waals surface area contributed by atoms with Gasteiger partial charge in [0.05, 0.1) is 31.8 Å². The van der Waals surface area contributed by atoms with E-state index in [0.717, 1.165) is 50.7 Å². The van der Waals surface area contributed by atoms with Crippen molar-refractivity contribution in [2.24, 2.45) is 7.05 Å². The number of rotatable bonds is 10. The Hall–Kier alpha value is -4.78. The lowest BCUT2D eigenvalue weighted by Crippen LogP contribution is -2.24. The average molecular weight is 535 g/mol. The Morgan fingerprint density at radius 1 is 0.850 bits per heavy atom. The molecule has 5 rings (SSSR count). The SMILES string of the molecule is COc1ccc(CN(Cc2ccc(OC)cc2)c2nc3cc(CNC(=O)c4ccccc4)n(C)c3cc2C)cc1. The van der Waals surface area contributed by atoms with Crippen LogP contribution in [-0.2, 0) is 26.7 Å². The normalized spacial score (nSPS) is 10.9. The first-order valence-electron chi connectivity index (χ1n) is 13.2. The van der Waals surface area contributed by atoms with Crippen LogP contribution in [0, 0.1) is 6.92 Å². The van der Waals surface area contributed by atoms with Crippen LogP contribution in [0.25, 0.3) is 11.0 Å². The molecule has 0 aliphatic rings. The van der Waals surface area contributed by atoms with E-state index < -0.39 is 0 Å². The second-order valence-corrected chi connectivity index (χ2v) is 9.83. The first-order valence-corrected chi connectivity index (χ1v) is 13.2. The van der Waals surface area contributed by atoms with Crippen LogP contribution in [0.4, 0.5) is 5.82 Å². The molecule has 7 nitrogen and oxygen atoms in total. The molecule has 5 aromatic rings. The zero-order valence-electron chi connectivity index (χ0n) is 23.3. The number of hydrogen-bond donors (Lipinski definition) is 1. The fraction of sp³-hybridized carbons (Fsp3) is 0.212. The molecule has 0 bridgehead atoms. The number of pyridine rings is 1. The molecule has 0 radical (unpaired) electrons. The van der Waals surface area contributed by atoms with Crippen molar-refractivity contribution in [2.75, 3.05) is 19.1 Å². The number of nitrogens with zero attached hydrogens (tertiary/aromatic N) is 3. The standard InChI is InChI=1S/C33H34N4O3/c1-23-18-31-30(19-27(36(31)2)20-34-33(38)26-8-6-5-7-9-26)35-32(23)37(21-24-10-14-28(39-3)15-11-24)22-25-12-16-29(40-4)17-13-25/h5-19H,20-22H2,1-4H3,(H,34,38). The number of carbonyl (C=O) groups excluding carboxylic acids is 1. The van der Waals surface area contributed by atoms with Crippen molar-refractivity contribution in [1.82, 2.24) is 14.9 Å². The number of methoxy groups -OCH3 is 2. The second-order valence-electron chi connectivity index (χ2n) is 9.83. The molecular weight excluding hydrogens is 500 g/mol. The summed E-state index contributed by atoms with van der Waals surface area (Å²) in [5, 5.41) is 3.03. The number of fused-ring (bicyclic) bond motifs is 1. The predicted octanol–water partition coefficient (Wildman–Crippen LogP) is 6.04. The minimum Gasteiger partial charge on any atom is -0.497 e. The van der Waals surface area contributed by atoms with Gasteiger partial charge < -0.3 is 24.3 Å². The van der Waals surface area contributed by atoms with Gasteiger partial charge in [-0.3, -0.25) is 4.79 Å². The molecule has 1 N–H and O–H groups in total. The zero-order chi connectivity index (χ0) is 28.1. The second kappa shape index (κ2) is 11.9. The van der Waals surface area contributed by atoms with Crippen LogP contribution in [0.2, 0.25) is 0 Å². The summed E-state index contributed by atoms with van der Waals surface area (Å²) in [7, 11) is 5.36. The molecule has 0 spiro atoms. The summed E-state index contributed by atoms with van der Waals surface area (Å²) in [6.45, 7) is 3.88. The number of nitrogens with one attached hydrogen (secondary N) is 1. The van der Waals surface area contributed by atoms with Gasteiger partial charge in [-0.25, -0.2) is 4.98 Å². The van der Waals surface area contributed by atoms with Crippen molar-refractivity contribution in [1.29, 1.82) is 0 Å². The van der Waals surface area contributed by atoms with Crippen LogP contribution >= 0.6 is 0 Å². The highest BCUT2D eigenvalue weighted by molar-refractivity contribution is 5.94. The highest BCUT2D eigenvalue weighted by Crippen LogP contribution is 2.28. The maximum absolute atomic E-state index is 12.6. The van der Waals surface area contributed by atoms with Gasteiger partial charge >= 0.3 is 0 Å². The minimum absolute atomic E-state index is 0.0964. The molecule has 0 aliphatic carbocycles. The molecule has 0 unspecified atom stereocenters. The van der Waals surface area contributed by atoms with Gasteiger partial charge in [-0.05, 0) is 72.1 Å². The Morgan fingerprint density at radius 2 is 1.43 bits per heavy atom. The fourth-order valence-electron chi connectivity index (χ4n) is 4.85. The minimum atomic E-state index is -0.0964. The summed E-state index contributed by atoms with van der Waals surface area (Å²) in [6.07, 6.45) is 0. The molecule has 2 aromatic heterocycles. The lowest BCUT2D eigenvalue weighted by molar-refractivity contribution is 0.0950. The van der Waals surface area contributed by atoms with Gasteiger partial charge in [0.25, 0.3) is 5.91 Å². The van der Waals surface area contributed by atoms with Crippen molar-refractivity contribution < 1.29 is 14.3 Å². The van der Waals surface area contributed by atoms with Crippen molar-refractivity contribution in [3.8, 4) is 11.5 Å². The quantitative estimate of drug-likeness (QED) is 0.237. The molecule has 2 heterocycles. The molecule has 0 saturated carbocycles. The largest absolute Gasteiger partial charge is 0.497 e. The average Bonchev–Trinajstić information content (AvgIpc) is 3.30. The summed E-state index contributed by atoms with van der Waals surface area (Å²) in [5.74, 6) is 2.49. The van der Waals surface area contributed by atoms with Gasteiger partial charge in [0.1, 0.15) is 17.3 Å². The number of carbonyl (C=O) groups is 1. The number of ether oxygens (including phenoxy) is 2. The molecule has 0 atom stereocenters. The van der Waals surface area contributed by atoms with E-state index in [1.807, 2.05) is 61.6 Å². The Bertz CT molecular complexity index is 1540. The van der Waals surface area contributed by atoms with Crippen LogP contribution in [0.5, 0.6) is 11.5 Å². The van der Waals surface area contributed by atoms with Crippen molar-refractivity contribution in [3.63, 3.8) is 0 Å². The van der Waals surface area contributed by atoms with E-state index in [4.69, 9.17) is 14.5 Å². The van der Waals surface area contributed by atoms with E-state index in [9.17, 15) is 4.79 Å². The summed E-state index contributed by atoms with van der Waals surface area (Å²) in [6, 6.07) is 29.8. The van der Waals surface area contributed by atoms with Gasteiger partial charge in [-0.15, -0.1) is 0 Å². The van der Waals surface area contributed by atoms with Crippen molar-refractivity contribution >= 4 is 22.8 Å². The fourth-order valence-corrected chi connectivity index (χ4v) is 4.85. The molecule has 0 saturated heterocycles. The van der Waals surface area contributed by atoms with Gasteiger partial charge in [0.2, 0.25) is 0 Å². The van der Waals surface area contributed by atoms with Crippen LogP contribution < -0.4 is 19.7 Å². The van der Waals surface area contributed by atoms with Gasteiger partial charge in [-0.2, -0.15) is 0 Å². The molecule has 3 aromatic carbocycles. The number of anilines is 1. The van der Waals surface area contributed by atoms with Crippen LogP contribution in [-0.4, -0.2) is 29.7 Å². The molecule has 0 fully saturated rings.